The third kappa shape index (κ3) is 4.20. The standard InChI is InChI=1S/C22H23N3O6/c1-12(2)22(27)24-19(13-7-8-17(30-3)18(10-13)31-4)15-11-16(25(28)29)14-6-5-9-23-20(14)21(15)26/h5-12,19,26H,1-4H3,(H,24,27). The summed E-state index contributed by atoms with van der Waals surface area (Å²) >= 11 is 0. The Balaban J connectivity index is 2.28. The number of nitrogens with zero attached hydrogens (tertiary/aromatic N) is 2. The molecule has 3 aromatic rings. The average Bonchev–Trinajstić information content (AvgIpc) is 2.77. The van der Waals surface area contributed by atoms with Crippen molar-refractivity contribution in [2.24, 2.45) is 5.92 Å². The van der Waals surface area contributed by atoms with Gasteiger partial charge in [-0.2, -0.15) is 0 Å². The van der Waals surface area contributed by atoms with E-state index in [2.05, 4.69) is 10.3 Å². The van der Waals surface area contributed by atoms with E-state index in [4.69, 9.17) is 9.47 Å². The van der Waals surface area contributed by atoms with E-state index in [-0.39, 0.29) is 39.7 Å². The molecular formula is C22H23N3O6. The van der Waals surface area contributed by atoms with Crippen LogP contribution < -0.4 is 14.8 Å². The molecule has 9 nitrogen and oxygen atoms in total. The maximum atomic E-state index is 12.6. The first-order chi connectivity index (χ1) is 14.8. The molecule has 3 rings (SSSR count). The van der Waals surface area contributed by atoms with E-state index in [1.165, 1.54) is 32.5 Å². The first kappa shape index (κ1) is 21.8. The van der Waals surface area contributed by atoms with Crippen LogP contribution in [0.25, 0.3) is 10.9 Å². The first-order valence-electron chi connectivity index (χ1n) is 9.55. The summed E-state index contributed by atoms with van der Waals surface area (Å²) in [5.41, 5.74) is 0.557. The molecule has 0 bridgehead atoms. The lowest BCUT2D eigenvalue weighted by Crippen LogP contribution is -2.32. The van der Waals surface area contributed by atoms with Crippen molar-refractivity contribution in [2.75, 3.05) is 14.2 Å². The lowest BCUT2D eigenvalue weighted by Gasteiger charge is -2.23. The maximum Gasteiger partial charge on any atom is 0.279 e. The molecule has 0 saturated carbocycles. The van der Waals surface area contributed by atoms with Gasteiger partial charge >= 0.3 is 0 Å². The topological polar surface area (TPSA) is 124 Å². The molecule has 2 N–H and O–H groups in total. The number of amides is 1. The molecule has 0 radical (unpaired) electrons. The summed E-state index contributed by atoms with van der Waals surface area (Å²) in [7, 11) is 2.98. The van der Waals surface area contributed by atoms with Gasteiger partial charge in [-0.15, -0.1) is 0 Å². The monoisotopic (exact) mass is 425 g/mol. The van der Waals surface area contributed by atoms with Crippen LogP contribution in [0.15, 0.2) is 42.6 Å². The fraction of sp³-hybridized carbons (Fsp3) is 0.273. The van der Waals surface area contributed by atoms with E-state index < -0.39 is 11.0 Å². The van der Waals surface area contributed by atoms with Gasteiger partial charge in [0.25, 0.3) is 5.69 Å². The fourth-order valence-electron chi connectivity index (χ4n) is 3.28. The SMILES string of the molecule is COc1ccc(C(NC(=O)C(C)C)c2cc([N+](=O)[O-])c3cccnc3c2O)cc1OC. The third-order valence-corrected chi connectivity index (χ3v) is 4.93. The van der Waals surface area contributed by atoms with Gasteiger partial charge in [0.05, 0.1) is 30.6 Å². The second-order valence-electron chi connectivity index (χ2n) is 7.20. The lowest BCUT2D eigenvalue weighted by atomic mass is 9.94. The summed E-state index contributed by atoms with van der Waals surface area (Å²) in [6.45, 7) is 3.45. The van der Waals surface area contributed by atoms with Crippen LogP contribution in [0.2, 0.25) is 0 Å². The number of hydrogen-bond acceptors (Lipinski definition) is 7. The molecule has 0 spiro atoms. The number of hydrogen-bond donors (Lipinski definition) is 2. The van der Waals surface area contributed by atoms with E-state index in [0.717, 1.165) is 0 Å². The number of methoxy groups -OCH3 is 2. The molecule has 0 saturated heterocycles. The second-order valence-corrected chi connectivity index (χ2v) is 7.20. The van der Waals surface area contributed by atoms with Crippen molar-refractivity contribution in [2.45, 2.75) is 19.9 Å². The van der Waals surface area contributed by atoms with Crippen LogP contribution in [0.3, 0.4) is 0 Å². The van der Waals surface area contributed by atoms with Crippen LogP contribution in [0.1, 0.15) is 31.0 Å². The smallest absolute Gasteiger partial charge is 0.279 e. The fourth-order valence-corrected chi connectivity index (χ4v) is 3.28. The van der Waals surface area contributed by atoms with Crippen molar-refractivity contribution in [1.29, 1.82) is 0 Å². The number of carbonyl (C=O) groups is 1. The number of benzene rings is 2. The molecule has 1 aromatic heterocycles. The van der Waals surface area contributed by atoms with Crippen molar-refractivity contribution >= 4 is 22.5 Å². The van der Waals surface area contributed by atoms with Gasteiger partial charge in [0.1, 0.15) is 11.3 Å². The number of phenolic OH excluding ortho intramolecular Hbond substituents is 1. The van der Waals surface area contributed by atoms with Gasteiger partial charge in [-0.05, 0) is 29.8 Å². The minimum atomic E-state index is -0.889. The Morgan fingerprint density at radius 2 is 1.87 bits per heavy atom. The Hall–Kier alpha value is -3.88. The number of phenols is 1. The van der Waals surface area contributed by atoms with E-state index >= 15 is 0 Å². The molecule has 0 aliphatic rings. The van der Waals surface area contributed by atoms with Crippen molar-refractivity contribution in [3.05, 3.63) is 63.8 Å². The van der Waals surface area contributed by atoms with Crippen LogP contribution in [-0.2, 0) is 4.79 Å². The molecule has 1 heterocycles. The minimum Gasteiger partial charge on any atom is -0.505 e. The number of ether oxygens (including phenoxy) is 2. The number of nitro groups is 1. The molecule has 1 unspecified atom stereocenters. The number of carbonyl (C=O) groups excluding carboxylic acids is 1. The summed E-state index contributed by atoms with van der Waals surface area (Å²) in [6, 6.07) is 8.45. The average molecular weight is 425 g/mol. The number of aromatic hydroxyl groups is 1. The molecule has 1 atom stereocenters. The van der Waals surface area contributed by atoms with Crippen LogP contribution in [0, 0.1) is 16.0 Å². The molecule has 0 fully saturated rings. The summed E-state index contributed by atoms with van der Waals surface area (Å²) < 4.78 is 10.6. The Morgan fingerprint density at radius 1 is 1.16 bits per heavy atom. The van der Waals surface area contributed by atoms with Gasteiger partial charge in [0, 0.05) is 23.7 Å². The summed E-state index contributed by atoms with van der Waals surface area (Å²) in [5.74, 6) is 0.0126. The molecule has 2 aromatic carbocycles. The van der Waals surface area contributed by atoms with Crippen molar-refractivity contribution in [1.82, 2.24) is 10.3 Å². The number of fused-ring (bicyclic) bond motifs is 1. The first-order valence-corrected chi connectivity index (χ1v) is 9.55. The highest BCUT2D eigenvalue weighted by Gasteiger charge is 2.28. The molecule has 9 heteroatoms. The minimum absolute atomic E-state index is 0.0796. The Bertz CT molecular complexity index is 1150. The molecule has 31 heavy (non-hydrogen) atoms. The van der Waals surface area contributed by atoms with Crippen LogP contribution in [0.4, 0.5) is 5.69 Å². The Morgan fingerprint density at radius 3 is 2.48 bits per heavy atom. The van der Waals surface area contributed by atoms with Gasteiger partial charge < -0.3 is 19.9 Å². The van der Waals surface area contributed by atoms with Gasteiger partial charge in [-0.25, -0.2) is 0 Å². The molecule has 1 amide bonds. The van der Waals surface area contributed by atoms with Crippen molar-refractivity contribution in [3.8, 4) is 17.2 Å². The highest BCUT2D eigenvalue weighted by molar-refractivity contribution is 5.94. The number of nitro benzene ring substituents is 1. The molecular weight excluding hydrogens is 402 g/mol. The van der Waals surface area contributed by atoms with Gasteiger partial charge in [0.2, 0.25) is 5.91 Å². The Labute approximate surface area is 178 Å². The van der Waals surface area contributed by atoms with E-state index in [1.807, 2.05) is 0 Å². The predicted octanol–water partition coefficient (Wildman–Crippen LogP) is 3.73. The number of aromatic nitrogens is 1. The van der Waals surface area contributed by atoms with E-state index in [1.54, 1.807) is 38.1 Å². The number of rotatable bonds is 7. The zero-order valence-corrected chi connectivity index (χ0v) is 17.6. The van der Waals surface area contributed by atoms with Gasteiger partial charge in [-0.1, -0.05) is 19.9 Å². The van der Waals surface area contributed by atoms with Gasteiger partial charge in [0.15, 0.2) is 11.5 Å². The van der Waals surface area contributed by atoms with Crippen molar-refractivity contribution < 1.29 is 24.3 Å². The summed E-state index contributed by atoms with van der Waals surface area (Å²) in [5, 5.41) is 25.8. The van der Waals surface area contributed by atoms with Crippen LogP contribution >= 0.6 is 0 Å². The summed E-state index contributed by atoms with van der Waals surface area (Å²) in [6.07, 6.45) is 1.44. The molecule has 0 aliphatic heterocycles. The predicted molar refractivity (Wildman–Crippen MR) is 114 cm³/mol. The largest absolute Gasteiger partial charge is 0.505 e. The van der Waals surface area contributed by atoms with E-state index in [0.29, 0.717) is 17.1 Å². The van der Waals surface area contributed by atoms with Crippen LogP contribution in [0.5, 0.6) is 17.2 Å². The zero-order valence-electron chi connectivity index (χ0n) is 17.6. The molecule has 0 aliphatic carbocycles. The lowest BCUT2D eigenvalue weighted by molar-refractivity contribution is -0.383. The quantitative estimate of drug-likeness (QED) is 0.437. The number of nitrogens with one attached hydrogen (secondary N) is 1. The zero-order chi connectivity index (χ0) is 22.7. The maximum absolute atomic E-state index is 12.6. The second kappa shape index (κ2) is 8.86. The van der Waals surface area contributed by atoms with Crippen molar-refractivity contribution in [3.63, 3.8) is 0 Å². The summed E-state index contributed by atoms with van der Waals surface area (Å²) in [4.78, 5) is 27.9. The van der Waals surface area contributed by atoms with E-state index in [9.17, 15) is 20.0 Å². The van der Waals surface area contributed by atoms with Gasteiger partial charge in [-0.3, -0.25) is 19.9 Å². The Kier molecular flexibility index (Phi) is 6.24. The highest BCUT2D eigenvalue weighted by Crippen LogP contribution is 2.41. The normalized spacial score (nSPS) is 11.9. The highest BCUT2D eigenvalue weighted by atomic mass is 16.6. The number of pyridine rings is 1. The third-order valence-electron chi connectivity index (χ3n) is 4.93. The molecule has 162 valence electrons. The van der Waals surface area contributed by atoms with Crippen LogP contribution in [-0.4, -0.2) is 35.1 Å². The number of non-ortho nitro benzene ring substituents is 1.